The predicted molar refractivity (Wildman–Crippen MR) is 111 cm³/mol. The molecule has 3 heterocycles. The van der Waals surface area contributed by atoms with Crippen LogP contribution in [0.25, 0.3) is 28.2 Å². The summed E-state index contributed by atoms with van der Waals surface area (Å²) in [7, 11) is 0. The summed E-state index contributed by atoms with van der Waals surface area (Å²) < 4.78 is 29.3. The smallest absolute Gasteiger partial charge is 0.257 e. The highest BCUT2D eigenvalue weighted by molar-refractivity contribution is 6.04. The van der Waals surface area contributed by atoms with Gasteiger partial charge in [0.05, 0.1) is 22.2 Å². The molecule has 2 N–H and O–H groups in total. The number of fused-ring (bicyclic) bond motifs is 1. The fourth-order valence-corrected chi connectivity index (χ4v) is 3.16. The van der Waals surface area contributed by atoms with Crippen molar-refractivity contribution in [3.8, 4) is 17.2 Å². The van der Waals surface area contributed by atoms with Crippen molar-refractivity contribution in [3.63, 3.8) is 0 Å². The lowest BCUT2D eigenvalue weighted by molar-refractivity contribution is 0.102. The van der Waals surface area contributed by atoms with E-state index < -0.39 is 11.6 Å². The van der Waals surface area contributed by atoms with E-state index in [1.165, 1.54) is 6.20 Å². The molecule has 5 rings (SSSR count). The van der Waals surface area contributed by atoms with E-state index in [9.17, 15) is 13.6 Å². The molecule has 5 aromatic rings. The molecule has 9 heteroatoms. The van der Waals surface area contributed by atoms with Gasteiger partial charge in [0.25, 0.3) is 5.91 Å². The minimum atomic E-state index is -0.583. The van der Waals surface area contributed by atoms with E-state index in [2.05, 4.69) is 25.3 Å². The van der Waals surface area contributed by atoms with E-state index in [0.29, 0.717) is 28.1 Å². The van der Waals surface area contributed by atoms with Crippen LogP contribution < -0.4 is 5.32 Å². The Morgan fingerprint density at radius 1 is 1.06 bits per heavy atom. The second-order valence-corrected chi connectivity index (χ2v) is 6.77. The standard InChI is InChI=1S/C22H14F2N6O/c23-14-2-4-17(24)16(9-14)21-28-18-5-3-15(10-19(18)29-21)27-22(31)13-1-6-20(26-11-13)30-8-7-25-12-30/h1-12H,(H,27,31)(H,28,29). The fraction of sp³-hybridized carbons (Fsp3) is 0. The number of hydrogen-bond acceptors (Lipinski definition) is 4. The first-order valence-electron chi connectivity index (χ1n) is 9.28. The van der Waals surface area contributed by atoms with Crippen LogP contribution in [-0.4, -0.2) is 30.4 Å². The Bertz CT molecular complexity index is 1390. The Morgan fingerprint density at radius 3 is 2.74 bits per heavy atom. The van der Waals surface area contributed by atoms with Crippen LogP contribution in [0.2, 0.25) is 0 Å². The minimum Gasteiger partial charge on any atom is -0.338 e. The summed E-state index contributed by atoms with van der Waals surface area (Å²) in [4.78, 5) is 28.1. The SMILES string of the molecule is O=C(Nc1ccc2nc(-c3cc(F)ccc3F)[nH]c2c1)c1ccc(-n2ccnc2)nc1. The third-order valence-corrected chi connectivity index (χ3v) is 4.70. The zero-order chi connectivity index (χ0) is 21.4. The quantitative estimate of drug-likeness (QED) is 0.456. The highest BCUT2D eigenvalue weighted by atomic mass is 19.1. The Balaban J connectivity index is 1.38. The molecule has 0 bridgehead atoms. The Hall–Kier alpha value is -4.40. The van der Waals surface area contributed by atoms with E-state index >= 15 is 0 Å². The topological polar surface area (TPSA) is 88.5 Å². The van der Waals surface area contributed by atoms with Crippen LogP contribution in [-0.2, 0) is 0 Å². The van der Waals surface area contributed by atoms with Crippen LogP contribution in [0.5, 0.6) is 0 Å². The zero-order valence-electron chi connectivity index (χ0n) is 15.9. The Labute approximate surface area is 174 Å². The van der Waals surface area contributed by atoms with Crippen molar-refractivity contribution in [3.05, 3.63) is 90.6 Å². The zero-order valence-corrected chi connectivity index (χ0v) is 15.9. The number of rotatable bonds is 4. The van der Waals surface area contributed by atoms with Gasteiger partial charge in [-0.25, -0.2) is 23.7 Å². The van der Waals surface area contributed by atoms with E-state index in [1.54, 1.807) is 53.6 Å². The second kappa shape index (κ2) is 7.45. The molecule has 0 atom stereocenters. The van der Waals surface area contributed by atoms with Gasteiger partial charge >= 0.3 is 0 Å². The largest absolute Gasteiger partial charge is 0.338 e. The molecule has 152 valence electrons. The van der Waals surface area contributed by atoms with Gasteiger partial charge in [0, 0.05) is 24.3 Å². The first-order chi connectivity index (χ1) is 15.1. The number of amides is 1. The maximum Gasteiger partial charge on any atom is 0.257 e. The first kappa shape index (κ1) is 18.6. The number of carbonyl (C=O) groups excluding carboxylic acids is 1. The average molecular weight is 416 g/mol. The second-order valence-electron chi connectivity index (χ2n) is 6.77. The number of pyridine rings is 1. The molecule has 2 aromatic carbocycles. The summed E-state index contributed by atoms with van der Waals surface area (Å²) in [6.45, 7) is 0. The van der Waals surface area contributed by atoms with Gasteiger partial charge in [-0.3, -0.25) is 9.36 Å². The van der Waals surface area contributed by atoms with E-state index in [-0.39, 0.29) is 17.3 Å². The number of imidazole rings is 2. The lowest BCUT2D eigenvalue weighted by Crippen LogP contribution is -2.12. The van der Waals surface area contributed by atoms with Gasteiger partial charge in [0.15, 0.2) is 0 Å². The number of nitrogens with one attached hydrogen (secondary N) is 2. The lowest BCUT2D eigenvalue weighted by atomic mass is 10.2. The number of nitrogens with zero attached hydrogens (tertiary/aromatic N) is 4. The summed E-state index contributed by atoms with van der Waals surface area (Å²) >= 11 is 0. The average Bonchev–Trinajstić information content (AvgIpc) is 3.45. The molecule has 0 fully saturated rings. The predicted octanol–water partition coefficient (Wildman–Crippen LogP) is 4.34. The first-order valence-corrected chi connectivity index (χ1v) is 9.28. The van der Waals surface area contributed by atoms with Gasteiger partial charge in [0.1, 0.15) is 29.6 Å². The summed E-state index contributed by atoms with van der Waals surface area (Å²) in [6, 6.07) is 11.6. The van der Waals surface area contributed by atoms with Crippen LogP contribution in [0.15, 0.2) is 73.4 Å². The monoisotopic (exact) mass is 416 g/mol. The van der Waals surface area contributed by atoms with Crippen molar-refractivity contribution in [1.82, 2.24) is 24.5 Å². The van der Waals surface area contributed by atoms with Gasteiger partial charge in [0.2, 0.25) is 0 Å². The van der Waals surface area contributed by atoms with Crippen molar-refractivity contribution in [2.45, 2.75) is 0 Å². The summed E-state index contributed by atoms with van der Waals surface area (Å²) in [6.07, 6.45) is 6.49. The molecular formula is C22H14F2N6O. The highest BCUT2D eigenvalue weighted by Crippen LogP contribution is 2.25. The molecule has 1 amide bonds. The van der Waals surface area contributed by atoms with Crippen molar-refractivity contribution in [1.29, 1.82) is 0 Å². The van der Waals surface area contributed by atoms with Crippen LogP contribution in [0.1, 0.15) is 10.4 Å². The number of anilines is 1. The molecule has 0 saturated heterocycles. The van der Waals surface area contributed by atoms with Crippen LogP contribution in [0.4, 0.5) is 14.5 Å². The summed E-state index contributed by atoms with van der Waals surface area (Å²) in [5.74, 6) is -0.627. The van der Waals surface area contributed by atoms with E-state index in [4.69, 9.17) is 0 Å². The molecule has 7 nitrogen and oxygen atoms in total. The molecule has 0 aliphatic heterocycles. The molecule has 0 saturated carbocycles. The minimum absolute atomic E-state index is 0.0332. The van der Waals surface area contributed by atoms with Gasteiger partial charge in [-0.1, -0.05) is 0 Å². The number of aromatic nitrogens is 5. The van der Waals surface area contributed by atoms with Gasteiger partial charge < -0.3 is 10.3 Å². The summed E-state index contributed by atoms with van der Waals surface area (Å²) in [5, 5.41) is 2.79. The van der Waals surface area contributed by atoms with Crippen LogP contribution >= 0.6 is 0 Å². The molecule has 0 aliphatic carbocycles. The maximum absolute atomic E-state index is 14.0. The van der Waals surface area contributed by atoms with Crippen LogP contribution in [0.3, 0.4) is 0 Å². The molecule has 31 heavy (non-hydrogen) atoms. The van der Waals surface area contributed by atoms with Crippen molar-refractivity contribution in [2.75, 3.05) is 5.32 Å². The number of hydrogen-bond donors (Lipinski definition) is 2. The Kier molecular flexibility index (Phi) is 4.47. The highest BCUT2D eigenvalue weighted by Gasteiger charge is 2.13. The number of aromatic amines is 1. The number of halogens is 2. The number of benzene rings is 2. The Morgan fingerprint density at radius 2 is 1.97 bits per heavy atom. The fourth-order valence-electron chi connectivity index (χ4n) is 3.16. The summed E-state index contributed by atoms with van der Waals surface area (Å²) in [5.41, 5.74) is 2.07. The van der Waals surface area contributed by atoms with Crippen LogP contribution in [0, 0.1) is 11.6 Å². The number of carbonyl (C=O) groups is 1. The third kappa shape index (κ3) is 3.64. The molecule has 0 aliphatic rings. The molecule has 0 spiro atoms. The lowest BCUT2D eigenvalue weighted by Gasteiger charge is -2.06. The molecule has 3 aromatic heterocycles. The third-order valence-electron chi connectivity index (χ3n) is 4.70. The van der Waals surface area contributed by atoms with Crippen molar-refractivity contribution < 1.29 is 13.6 Å². The van der Waals surface area contributed by atoms with Crippen molar-refractivity contribution >= 4 is 22.6 Å². The normalized spacial score (nSPS) is 11.0. The number of H-pyrrole nitrogens is 1. The van der Waals surface area contributed by atoms with Crippen molar-refractivity contribution in [2.24, 2.45) is 0 Å². The maximum atomic E-state index is 14.0. The van der Waals surface area contributed by atoms with Gasteiger partial charge in [-0.15, -0.1) is 0 Å². The van der Waals surface area contributed by atoms with E-state index in [0.717, 1.165) is 18.2 Å². The van der Waals surface area contributed by atoms with E-state index in [1.807, 2.05) is 0 Å². The molecular weight excluding hydrogens is 402 g/mol. The molecule has 0 unspecified atom stereocenters. The van der Waals surface area contributed by atoms with Gasteiger partial charge in [-0.2, -0.15) is 0 Å². The molecule has 0 radical (unpaired) electrons. The van der Waals surface area contributed by atoms with Gasteiger partial charge in [-0.05, 0) is 48.5 Å².